The maximum Gasteiger partial charge on any atom is 0.321 e. The van der Waals surface area contributed by atoms with Gasteiger partial charge in [-0.3, -0.25) is 0 Å². The maximum atomic E-state index is 12.2. The second-order valence-electron chi connectivity index (χ2n) is 5.66. The summed E-state index contributed by atoms with van der Waals surface area (Å²) in [6, 6.07) is 11.7. The van der Waals surface area contributed by atoms with Crippen molar-refractivity contribution in [1.29, 1.82) is 0 Å². The van der Waals surface area contributed by atoms with E-state index in [0.717, 1.165) is 41.6 Å². The number of carbonyl (C=O) groups excluding carboxylic acids is 1. The number of benzene rings is 1. The van der Waals surface area contributed by atoms with Crippen molar-refractivity contribution in [3.05, 3.63) is 48.4 Å². The molecule has 2 aromatic rings. The highest BCUT2D eigenvalue weighted by Crippen LogP contribution is 2.24. The molecule has 1 aliphatic rings. The van der Waals surface area contributed by atoms with E-state index < -0.39 is 0 Å². The number of amides is 2. The number of nitrogens with zero attached hydrogens (tertiary/aromatic N) is 1. The van der Waals surface area contributed by atoms with Gasteiger partial charge in [0.25, 0.3) is 0 Å². The van der Waals surface area contributed by atoms with Gasteiger partial charge in [-0.25, -0.2) is 4.79 Å². The van der Waals surface area contributed by atoms with E-state index in [0.29, 0.717) is 12.5 Å². The zero-order chi connectivity index (χ0) is 16.1. The van der Waals surface area contributed by atoms with Gasteiger partial charge in [-0.1, -0.05) is 0 Å². The second kappa shape index (κ2) is 7.57. The fourth-order valence-corrected chi connectivity index (χ4v) is 3.40. The van der Waals surface area contributed by atoms with Crippen LogP contribution in [0.3, 0.4) is 0 Å². The molecule has 1 aromatic heterocycles. The Hall–Kier alpha value is -1.92. The van der Waals surface area contributed by atoms with Crippen molar-refractivity contribution in [2.24, 2.45) is 11.7 Å². The van der Waals surface area contributed by atoms with Crippen LogP contribution in [0, 0.1) is 5.92 Å². The third-order valence-electron chi connectivity index (χ3n) is 3.97. The summed E-state index contributed by atoms with van der Waals surface area (Å²) in [6.45, 7) is 2.18. The summed E-state index contributed by atoms with van der Waals surface area (Å²) < 4.78 is 5.31. The van der Waals surface area contributed by atoms with E-state index >= 15 is 0 Å². The fraction of sp³-hybridized carbons (Fsp3) is 0.353. The van der Waals surface area contributed by atoms with Crippen molar-refractivity contribution >= 4 is 23.5 Å². The molecular weight excluding hydrogens is 310 g/mol. The lowest BCUT2D eigenvalue weighted by Crippen LogP contribution is -2.33. The molecule has 1 aliphatic heterocycles. The van der Waals surface area contributed by atoms with Crippen molar-refractivity contribution in [1.82, 2.24) is 4.90 Å². The first-order valence-corrected chi connectivity index (χ1v) is 8.74. The number of urea groups is 1. The van der Waals surface area contributed by atoms with E-state index in [2.05, 4.69) is 5.32 Å². The van der Waals surface area contributed by atoms with Gasteiger partial charge in [0.2, 0.25) is 0 Å². The summed E-state index contributed by atoms with van der Waals surface area (Å²) >= 11 is 1.70. The van der Waals surface area contributed by atoms with Crippen LogP contribution >= 0.6 is 11.8 Å². The monoisotopic (exact) mass is 331 g/mol. The summed E-state index contributed by atoms with van der Waals surface area (Å²) in [5.74, 6) is 2.18. The van der Waals surface area contributed by atoms with Crippen LogP contribution in [0.4, 0.5) is 10.5 Å². The molecule has 0 spiro atoms. The quantitative estimate of drug-likeness (QED) is 0.824. The van der Waals surface area contributed by atoms with Crippen LogP contribution in [0.2, 0.25) is 0 Å². The fourth-order valence-electron chi connectivity index (χ4n) is 2.60. The Morgan fingerprint density at radius 1 is 1.35 bits per heavy atom. The van der Waals surface area contributed by atoms with Gasteiger partial charge in [0.1, 0.15) is 5.76 Å². The number of nitrogens with one attached hydrogen (secondary N) is 1. The molecule has 6 heteroatoms. The molecule has 1 fully saturated rings. The zero-order valence-corrected chi connectivity index (χ0v) is 13.7. The lowest BCUT2D eigenvalue weighted by atomic mass is 10.1. The first kappa shape index (κ1) is 16.0. The van der Waals surface area contributed by atoms with Gasteiger partial charge in [0.15, 0.2) is 0 Å². The Kier molecular flexibility index (Phi) is 5.25. The predicted octanol–water partition coefficient (Wildman–Crippen LogP) is 3.38. The molecule has 122 valence electrons. The normalized spacial score (nSPS) is 17.4. The van der Waals surface area contributed by atoms with E-state index in [1.54, 1.807) is 18.0 Å². The highest BCUT2D eigenvalue weighted by atomic mass is 32.2. The zero-order valence-electron chi connectivity index (χ0n) is 12.9. The van der Waals surface area contributed by atoms with Crippen LogP contribution in [0.15, 0.2) is 52.0 Å². The molecule has 23 heavy (non-hydrogen) atoms. The van der Waals surface area contributed by atoms with Crippen LogP contribution in [-0.4, -0.2) is 30.6 Å². The van der Waals surface area contributed by atoms with Crippen LogP contribution in [-0.2, 0) is 5.75 Å². The van der Waals surface area contributed by atoms with Crippen molar-refractivity contribution in [3.63, 3.8) is 0 Å². The molecule has 1 saturated heterocycles. The number of carbonyl (C=O) groups is 1. The largest absolute Gasteiger partial charge is 0.468 e. The Labute approximate surface area is 140 Å². The van der Waals surface area contributed by atoms with E-state index in [9.17, 15) is 4.79 Å². The molecule has 0 unspecified atom stereocenters. The van der Waals surface area contributed by atoms with E-state index in [-0.39, 0.29) is 6.03 Å². The van der Waals surface area contributed by atoms with Gasteiger partial charge in [-0.2, -0.15) is 0 Å². The Morgan fingerprint density at radius 3 is 2.83 bits per heavy atom. The highest BCUT2D eigenvalue weighted by molar-refractivity contribution is 7.98. The molecule has 5 nitrogen and oxygen atoms in total. The van der Waals surface area contributed by atoms with E-state index in [4.69, 9.17) is 10.2 Å². The molecule has 3 N–H and O–H groups in total. The van der Waals surface area contributed by atoms with Crippen molar-refractivity contribution in [2.75, 3.05) is 25.0 Å². The third kappa shape index (κ3) is 4.30. The Bertz CT molecular complexity index is 628. The van der Waals surface area contributed by atoms with Gasteiger partial charge in [0, 0.05) is 23.7 Å². The number of thioether (sulfide) groups is 1. The summed E-state index contributed by atoms with van der Waals surface area (Å²) in [5, 5.41) is 2.94. The average Bonchev–Trinajstić information content (AvgIpc) is 3.25. The number of hydrogen-bond acceptors (Lipinski definition) is 4. The molecule has 0 aliphatic carbocycles. The van der Waals surface area contributed by atoms with Crippen LogP contribution in [0.5, 0.6) is 0 Å². The van der Waals surface area contributed by atoms with Crippen molar-refractivity contribution in [2.45, 2.75) is 17.1 Å². The average molecular weight is 331 g/mol. The lowest BCUT2D eigenvalue weighted by molar-refractivity contribution is 0.221. The maximum absolute atomic E-state index is 12.2. The smallest absolute Gasteiger partial charge is 0.321 e. The molecule has 0 saturated carbocycles. The minimum absolute atomic E-state index is 0.0445. The minimum atomic E-state index is -0.0445. The first-order valence-electron chi connectivity index (χ1n) is 7.76. The van der Waals surface area contributed by atoms with Crippen molar-refractivity contribution < 1.29 is 9.21 Å². The molecule has 0 radical (unpaired) electrons. The molecule has 1 aromatic carbocycles. The van der Waals surface area contributed by atoms with Crippen LogP contribution < -0.4 is 11.1 Å². The van der Waals surface area contributed by atoms with Gasteiger partial charge in [-0.05, 0) is 55.3 Å². The Balaban J connectivity index is 1.50. The lowest BCUT2D eigenvalue weighted by Gasteiger charge is -2.17. The van der Waals surface area contributed by atoms with Gasteiger partial charge >= 0.3 is 6.03 Å². The number of likely N-dealkylation sites (tertiary alicyclic amines) is 1. The minimum Gasteiger partial charge on any atom is -0.468 e. The second-order valence-corrected chi connectivity index (χ2v) is 6.71. The molecule has 2 amide bonds. The molecule has 1 atom stereocenters. The SMILES string of the molecule is NC[C@H]1CCN(C(=O)Nc2ccc(SCc3ccco3)cc2)C1. The first-order chi connectivity index (χ1) is 11.2. The topological polar surface area (TPSA) is 71.5 Å². The Morgan fingerprint density at radius 2 is 2.17 bits per heavy atom. The number of rotatable bonds is 5. The number of anilines is 1. The third-order valence-corrected chi connectivity index (χ3v) is 5.01. The molecule has 0 bridgehead atoms. The number of furan rings is 1. The van der Waals surface area contributed by atoms with Gasteiger partial charge in [0.05, 0.1) is 12.0 Å². The summed E-state index contributed by atoms with van der Waals surface area (Å²) in [5.41, 5.74) is 6.48. The highest BCUT2D eigenvalue weighted by Gasteiger charge is 2.25. The summed E-state index contributed by atoms with van der Waals surface area (Å²) in [6.07, 6.45) is 2.67. The van der Waals surface area contributed by atoms with E-state index in [1.165, 1.54) is 0 Å². The summed E-state index contributed by atoms with van der Waals surface area (Å²) in [4.78, 5) is 15.2. The standard InChI is InChI=1S/C17H21N3O2S/c18-10-13-7-8-20(11-13)17(21)19-14-3-5-16(6-4-14)23-12-15-2-1-9-22-15/h1-6,9,13H,7-8,10-12,18H2,(H,19,21)/t13-/m1/s1. The molecule has 2 heterocycles. The predicted molar refractivity (Wildman–Crippen MR) is 92.5 cm³/mol. The molecule has 3 rings (SSSR count). The number of nitrogens with two attached hydrogens (primary N) is 1. The van der Waals surface area contributed by atoms with Crippen molar-refractivity contribution in [3.8, 4) is 0 Å². The number of hydrogen-bond donors (Lipinski definition) is 2. The molecular formula is C17H21N3O2S. The van der Waals surface area contributed by atoms with Gasteiger partial charge < -0.3 is 20.4 Å². The summed E-state index contributed by atoms with van der Waals surface area (Å²) in [7, 11) is 0. The van der Waals surface area contributed by atoms with Crippen LogP contribution in [0.1, 0.15) is 12.2 Å². The van der Waals surface area contributed by atoms with Crippen LogP contribution in [0.25, 0.3) is 0 Å². The van der Waals surface area contributed by atoms with E-state index in [1.807, 2.05) is 41.3 Å². The van der Waals surface area contributed by atoms with Gasteiger partial charge in [-0.15, -0.1) is 11.8 Å².